The number of hydrogen-bond donors (Lipinski definition) is 1. The van der Waals surface area contributed by atoms with E-state index in [1.54, 1.807) is 31.4 Å². The Balaban J connectivity index is 1.99. The van der Waals surface area contributed by atoms with Crippen LogP contribution in [0.5, 0.6) is 5.75 Å². The molecule has 1 fully saturated rings. The van der Waals surface area contributed by atoms with Crippen molar-refractivity contribution in [1.29, 1.82) is 0 Å². The molecule has 0 aromatic heterocycles. The van der Waals surface area contributed by atoms with Crippen LogP contribution in [0.3, 0.4) is 0 Å². The monoisotopic (exact) mass is 253 g/mol. The molecule has 1 aliphatic rings. The third kappa shape index (κ3) is 2.91. The first-order valence-electron chi connectivity index (χ1n) is 5.79. The van der Waals surface area contributed by atoms with Gasteiger partial charge >= 0.3 is 0 Å². The molecule has 1 aliphatic carbocycles. The van der Waals surface area contributed by atoms with Crippen molar-refractivity contribution in [2.24, 2.45) is 0 Å². The van der Waals surface area contributed by atoms with Gasteiger partial charge in [0.15, 0.2) is 0 Å². The fraction of sp³-hybridized carbons (Fsp3) is 0.462. The lowest BCUT2D eigenvalue weighted by atomic mass is 10.1. The molecule has 1 amide bonds. The number of amides is 1. The molecule has 0 spiro atoms. The van der Waals surface area contributed by atoms with Crippen LogP contribution in [0.25, 0.3) is 0 Å². The molecule has 1 aromatic rings. The van der Waals surface area contributed by atoms with Crippen molar-refractivity contribution in [3.05, 3.63) is 29.8 Å². The fourth-order valence-electron chi connectivity index (χ4n) is 2.07. The molecule has 0 radical (unpaired) electrons. The first-order valence-corrected chi connectivity index (χ1v) is 6.23. The van der Waals surface area contributed by atoms with Crippen LogP contribution in [-0.4, -0.2) is 24.4 Å². The third-order valence-electron chi connectivity index (χ3n) is 3.10. The van der Waals surface area contributed by atoms with Gasteiger partial charge < -0.3 is 10.1 Å². The Morgan fingerprint density at radius 3 is 2.59 bits per heavy atom. The van der Waals surface area contributed by atoms with Gasteiger partial charge in [0.2, 0.25) is 0 Å². The largest absolute Gasteiger partial charge is 0.497 e. The highest BCUT2D eigenvalue weighted by molar-refractivity contribution is 6.21. The van der Waals surface area contributed by atoms with Crippen molar-refractivity contribution in [3.63, 3.8) is 0 Å². The summed E-state index contributed by atoms with van der Waals surface area (Å²) in [4.78, 5) is 11.9. The number of benzene rings is 1. The van der Waals surface area contributed by atoms with Gasteiger partial charge in [0.1, 0.15) is 5.75 Å². The Kier molecular flexibility index (Phi) is 3.89. The number of alkyl halides is 1. The van der Waals surface area contributed by atoms with Crippen LogP contribution < -0.4 is 10.1 Å². The summed E-state index contributed by atoms with van der Waals surface area (Å²) in [6.45, 7) is 0. The van der Waals surface area contributed by atoms with Crippen molar-refractivity contribution in [2.75, 3.05) is 7.11 Å². The average molecular weight is 254 g/mol. The fourth-order valence-corrected chi connectivity index (χ4v) is 2.41. The van der Waals surface area contributed by atoms with Crippen LogP contribution in [0.4, 0.5) is 0 Å². The number of hydrogen-bond acceptors (Lipinski definition) is 2. The van der Waals surface area contributed by atoms with E-state index in [0.717, 1.165) is 25.0 Å². The lowest BCUT2D eigenvalue weighted by Crippen LogP contribution is -2.37. The van der Waals surface area contributed by atoms with Crippen LogP contribution in [-0.2, 0) is 0 Å². The zero-order valence-electron chi connectivity index (χ0n) is 9.78. The van der Waals surface area contributed by atoms with Gasteiger partial charge in [-0.2, -0.15) is 0 Å². The van der Waals surface area contributed by atoms with Gasteiger partial charge in [0.25, 0.3) is 5.91 Å². The summed E-state index contributed by atoms with van der Waals surface area (Å²) in [5.74, 6) is 0.683. The van der Waals surface area contributed by atoms with Crippen molar-refractivity contribution < 1.29 is 9.53 Å². The second-order valence-electron chi connectivity index (χ2n) is 4.26. The maximum Gasteiger partial charge on any atom is 0.251 e. The molecule has 92 valence electrons. The number of methoxy groups -OCH3 is 1. The maximum absolute atomic E-state index is 11.9. The standard InChI is InChI=1S/C13H16ClNO2/c1-17-10-7-5-9(6-8-10)13(16)15-12-4-2-3-11(12)14/h5-8,11-12H,2-4H2,1H3,(H,15,16). The molecule has 3 nitrogen and oxygen atoms in total. The van der Waals surface area contributed by atoms with E-state index in [1.165, 1.54) is 0 Å². The van der Waals surface area contributed by atoms with Crippen LogP contribution >= 0.6 is 11.6 Å². The van der Waals surface area contributed by atoms with Gasteiger partial charge in [-0.05, 0) is 43.5 Å². The first kappa shape index (κ1) is 12.2. The lowest BCUT2D eigenvalue weighted by molar-refractivity contribution is 0.0938. The van der Waals surface area contributed by atoms with Gasteiger partial charge in [-0.3, -0.25) is 4.79 Å². The van der Waals surface area contributed by atoms with Gasteiger partial charge in [0, 0.05) is 11.6 Å². The third-order valence-corrected chi connectivity index (χ3v) is 3.62. The van der Waals surface area contributed by atoms with Gasteiger partial charge in [-0.1, -0.05) is 0 Å². The van der Waals surface area contributed by atoms with Crippen molar-refractivity contribution in [2.45, 2.75) is 30.7 Å². The minimum atomic E-state index is -0.0646. The smallest absolute Gasteiger partial charge is 0.251 e. The number of nitrogens with one attached hydrogen (secondary N) is 1. The number of carbonyl (C=O) groups excluding carboxylic acids is 1. The molecular formula is C13H16ClNO2. The summed E-state index contributed by atoms with van der Waals surface area (Å²) in [7, 11) is 1.60. The van der Waals surface area contributed by atoms with E-state index >= 15 is 0 Å². The molecule has 0 heterocycles. The SMILES string of the molecule is COc1ccc(C(=O)NC2CCCC2Cl)cc1. The first-order chi connectivity index (χ1) is 8.20. The van der Waals surface area contributed by atoms with E-state index in [-0.39, 0.29) is 17.3 Å². The van der Waals surface area contributed by atoms with Crippen LogP contribution in [0.1, 0.15) is 29.6 Å². The molecule has 4 heteroatoms. The molecule has 2 unspecified atom stereocenters. The summed E-state index contributed by atoms with van der Waals surface area (Å²) in [5.41, 5.74) is 0.640. The van der Waals surface area contributed by atoms with E-state index in [9.17, 15) is 4.79 Å². The summed E-state index contributed by atoms with van der Waals surface area (Å²) in [5, 5.41) is 3.04. The second-order valence-corrected chi connectivity index (χ2v) is 4.82. The molecule has 1 saturated carbocycles. The van der Waals surface area contributed by atoms with Crippen LogP contribution in [0, 0.1) is 0 Å². The molecule has 0 aliphatic heterocycles. The highest BCUT2D eigenvalue weighted by Gasteiger charge is 2.26. The Bertz CT molecular complexity index is 391. The molecule has 0 bridgehead atoms. The number of carbonyl (C=O) groups is 1. The second kappa shape index (κ2) is 5.41. The Morgan fingerprint density at radius 2 is 2.06 bits per heavy atom. The lowest BCUT2D eigenvalue weighted by Gasteiger charge is -2.15. The quantitative estimate of drug-likeness (QED) is 0.841. The Morgan fingerprint density at radius 1 is 1.35 bits per heavy atom. The number of rotatable bonds is 3. The summed E-state index contributed by atoms with van der Waals surface area (Å²) >= 11 is 6.12. The molecular weight excluding hydrogens is 238 g/mol. The van der Waals surface area contributed by atoms with Gasteiger partial charge in [0.05, 0.1) is 12.5 Å². The average Bonchev–Trinajstić information content (AvgIpc) is 2.75. The molecule has 0 saturated heterocycles. The maximum atomic E-state index is 11.9. The Hall–Kier alpha value is -1.22. The van der Waals surface area contributed by atoms with E-state index in [0.29, 0.717) is 5.56 Å². The number of ether oxygens (including phenoxy) is 1. The highest BCUT2D eigenvalue weighted by Crippen LogP contribution is 2.24. The summed E-state index contributed by atoms with van der Waals surface area (Å²) in [6, 6.07) is 7.17. The number of halogens is 1. The van der Waals surface area contributed by atoms with Crippen molar-refractivity contribution >= 4 is 17.5 Å². The van der Waals surface area contributed by atoms with Crippen LogP contribution in [0.2, 0.25) is 0 Å². The zero-order valence-corrected chi connectivity index (χ0v) is 10.5. The van der Waals surface area contributed by atoms with E-state index in [4.69, 9.17) is 16.3 Å². The normalized spacial score (nSPS) is 23.4. The molecule has 17 heavy (non-hydrogen) atoms. The molecule has 1 N–H and O–H groups in total. The van der Waals surface area contributed by atoms with Gasteiger partial charge in [-0.15, -0.1) is 11.6 Å². The molecule has 2 atom stereocenters. The predicted molar refractivity (Wildman–Crippen MR) is 67.7 cm³/mol. The van der Waals surface area contributed by atoms with Crippen LogP contribution in [0.15, 0.2) is 24.3 Å². The summed E-state index contributed by atoms with van der Waals surface area (Å²) < 4.78 is 5.05. The van der Waals surface area contributed by atoms with Crippen molar-refractivity contribution in [1.82, 2.24) is 5.32 Å². The molecule has 2 rings (SSSR count). The Labute approximate surface area is 106 Å². The van der Waals surface area contributed by atoms with E-state index in [2.05, 4.69) is 5.32 Å². The van der Waals surface area contributed by atoms with Crippen molar-refractivity contribution in [3.8, 4) is 5.75 Å². The van der Waals surface area contributed by atoms with E-state index in [1.807, 2.05) is 0 Å². The minimum Gasteiger partial charge on any atom is -0.497 e. The zero-order chi connectivity index (χ0) is 12.3. The van der Waals surface area contributed by atoms with E-state index < -0.39 is 0 Å². The highest BCUT2D eigenvalue weighted by atomic mass is 35.5. The topological polar surface area (TPSA) is 38.3 Å². The predicted octanol–water partition coefficient (Wildman–Crippen LogP) is 2.58. The van der Waals surface area contributed by atoms with Gasteiger partial charge in [-0.25, -0.2) is 0 Å². The minimum absolute atomic E-state index is 0.0646. The molecule has 1 aromatic carbocycles. The summed E-state index contributed by atoms with van der Waals surface area (Å²) in [6.07, 6.45) is 3.03.